The van der Waals surface area contributed by atoms with E-state index < -0.39 is 0 Å². The van der Waals surface area contributed by atoms with Crippen LogP contribution in [0, 0.1) is 0 Å². The lowest BCUT2D eigenvalue weighted by molar-refractivity contribution is 0.422. The molecule has 5 heteroatoms. The van der Waals surface area contributed by atoms with Gasteiger partial charge in [-0.25, -0.2) is 0 Å². The van der Waals surface area contributed by atoms with E-state index in [2.05, 4.69) is 47.1 Å². The number of nitrogens with one attached hydrogen (secondary N) is 1. The molecule has 0 amide bonds. The smallest absolute Gasteiger partial charge is 0.0632 e. The van der Waals surface area contributed by atoms with Crippen LogP contribution in [-0.4, -0.2) is 33.4 Å². The summed E-state index contributed by atoms with van der Waals surface area (Å²) >= 11 is 5.38. The second-order valence-corrected chi connectivity index (χ2v) is 6.24. The van der Waals surface area contributed by atoms with Gasteiger partial charge >= 0.3 is 0 Å². The molecule has 0 saturated heterocycles. The topological polar surface area (TPSA) is 29.9 Å². The Balaban J connectivity index is 2.27. The Morgan fingerprint density at radius 1 is 1.50 bits per heavy atom. The van der Waals surface area contributed by atoms with Crippen molar-refractivity contribution < 1.29 is 0 Å². The number of thioether (sulfide) groups is 1. The van der Waals surface area contributed by atoms with Crippen LogP contribution in [0.1, 0.15) is 20.8 Å². The highest BCUT2D eigenvalue weighted by Crippen LogP contribution is 2.07. The summed E-state index contributed by atoms with van der Waals surface area (Å²) in [6.07, 6.45) is 3.83. The summed E-state index contributed by atoms with van der Waals surface area (Å²) in [5.74, 6) is 2.36. The summed E-state index contributed by atoms with van der Waals surface area (Å²) in [5, 5.41) is 7.83. The molecule has 0 bridgehead atoms. The van der Waals surface area contributed by atoms with Crippen molar-refractivity contribution in [2.75, 3.05) is 11.5 Å². The van der Waals surface area contributed by atoms with Crippen LogP contribution in [0.5, 0.6) is 0 Å². The zero-order valence-electron chi connectivity index (χ0n) is 10.1. The molecule has 16 heavy (non-hydrogen) atoms. The van der Waals surface area contributed by atoms with Crippen molar-refractivity contribution in [2.24, 2.45) is 0 Å². The van der Waals surface area contributed by atoms with Gasteiger partial charge in [0.25, 0.3) is 0 Å². The van der Waals surface area contributed by atoms with Crippen LogP contribution >= 0.6 is 27.7 Å². The van der Waals surface area contributed by atoms with Crippen molar-refractivity contribution in [1.29, 1.82) is 0 Å². The van der Waals surface area contributed by atoms with Crippen LogP contribution in [0.15, 0.2) is 16.9 Å². The van der Waals surface area contributed by atoms with E-state index in [9.17, 15) is 0 Å². The quantitative estimate of drug-likeness (QED) is 0.840. The Bertz CT molecular complexity index is 303. The minimum Gasteiger partial charge on any atom is -0.309 e. The lowest BCUT2D eigenvalue weighted by Gasteiger charge is -2.19. The first-order valence-electron chi connectivity index (χ1n) is 5.63. The van der Waals surface area contributed by atoms with E-state index >= 15 is 0 Å². The zero-order chi connectivity index (χ0) is 12.0. The van der Waals surface area contributed by atoms with Crippen molar-refractivity contribution in [3.8, 4) is 0 Å². The maximum absolute atomic E-state index is 4.25. The normalized spacial score (nSPS) is 15.0. The average Bonchev–Trinajstić information content (AvgIpc) is 2.60. The van der Waals surface area contributed by atoms with Crippen LogP contribution in [0.3, 0.4) is 0 Å². The monoisotopic (exact) mass is 305 g/mol. The molecule has 0 saturated carbocycles. The lowest BCUT2D eigenvalue weighted by atomic mass is 10.3. The molecule has 0 aliphatic carbocycles. The van der Waals surface area contributed by atoms with E-state index in [1.807, 2.05) is 28.8 Å². The fourth-order valence-corrected chi connectivity index (χ4v) is 2.61. The molecule has 0 aliphatic rings. The molecule has 1 heterocycles. The summed E-state index contributed by atoms with van der Waals surface area (Å²) < 4.78 is 3.00. The molecule has 1 rings (SSSR count). The highest BCUT2D eigenvalue weighted by molar-refractivity contribution is 9.10. The summed E-state index contributed by atoms with van der Waals surface area (Å²) in [7, 11) is 0. The molecular formula is C11H20BrN3S. The SMILES string of the molecule is CCSCC(C)NC(C)Cn1cc(Br)cn1. The highest BCUT2D eigenvalue weighted by atomic mass is 79.9. The first kappa shape index (κ1) is 14.1. The van der Waals surface area contributed by atoms with Crippen molar-refractivity contribution in [3.63, 3.8) is 0 Å². The van der Waals surface area contributed by atoms with E-state index in [0.717, 1.165) is 11.0 Å². The predicted octanol–water partition coefficient (Wildman–Crippen LogP) is 2.77. The number of hydrogen-bond acceptors (Lipinski definition) is 3. The van der Waals surface area contributed by atoms with E-state index in [0.29, 0.717) is 12.1 Å². The minimum atomic E-state index is 0.444. The first-order valence-corrected chi connectivity index (χ1v) is 7.58. The summed E-state index contributed by atoms with van der Waals surface area (Å²) in [5.41, 5.74) is 0. The molecular weight excluding hydrogens is 286 g/mol. The second kappa shape index (κ2) is 7.35. The molecule has 92 valence electrons. The maximum Gasteiger partial charge on any atom is 0.0632 e. The molecule has 2 unspecified atom stereocenters. The van der Waals surface area contributed by atoms with E-state index in [1.54, 1.807) is 0 Å². The van der Waals surface area contributed by atoms with Crippen LogP contribution in [0.25, 0.3) is 0 Å². The molecule has 0 fully saturated rings. The molecule has 1 aromatic heterocycles. The van der Waals surface area contributed by atoms with Crippen LogP contribution in [0.4, 0.5) is 0 Å². The third-order valence-corrected chi connectivity index (χ3v) is 3.76. The standard InChI is InChI=1S/C11H20BrN3S/c1-4-16-8-10(3)14-9(2)6-15-7-11(12)5-13-15/h5,7,9-10,14H,4,6,8H2,1-3H3. The predicted molar refractivity (Wildman–Crippen MR) is 75.0 cm³/mol. The van der Waals surface area contributed by atoms with Gasteiger partial charge in [0.1, 0.15) is 0 Å². The fourth-order valence-electron chi connectivity index (χ4n) is 1.60. The number of nitrogens with zero attached hydrogens (tertiary/aromatic N) is 2. The first-order chi connectivity index (χ1) is 7.61. The third kappa shape index (κ3) is 5.37. The van der Waals surface area contributed by atoms with Gasteiger partial charge in [-0.3, -0.25) is 4.68 Å². The van der Waals surface area contributed by atoms with Gasteiger partial charge in [-0.2, -0.15) is 16.9 Å². The number of hydrogen-bond donors (Lipinski definition) is 1. The van der Waals surface area contributed by atoms with E-state index in [1.165, 1.54) is 11.5 Å². The van der Waals surface area contributed by atoms with Crippen molar-refractivity contribution in [2.45, 2.75) is 39.4 Å². The van der Waals surface area contributed by atoms with Crippen LogP contribution in [-0.2, 0) is 6.54 Å². The summed E-state index contributed by atoms with van der Waals surface area (Å²) in [4.78, 5) is 0. The Kier molecular flexibility index (Phi) is 6.46. The zero-order valence-corrected chi connectivity index (χ0v) is 12.5. The lowest BCUT2D eigenvalue weighted by Crippen LogP contribution is -2.38. The third-order valence-electron chi connectivity index (χ3n) is 2.20. The second-order valence-electron chi connectivity index (χ2n) is 4.01. The molecule has 0 spiro atoms. The summed E-state index contributed by atoms with van der Waals surface area (Å²) in [6, 6.07) is 0.998. The molecule has 2 atom stereocenters. The Morgan fingerprint density at radius 3 is 2.81 bits per heavy atom. The molecule has 3 nitrogen and oxygen atoms in total. The van der Waals surface area contributed by atoms with Gasteiger partial charge < -0.3 is 5.32 Å². The Morgan fingerprint density at radius 2 is 2.25 bits per heavy atom. The van der Waals surface area contributed by atoms with Gasteiger partial charge in [0, 0.05) is 24.0 Å². The molecule has 1 aromatic rings. The van der Waals surface area contributed by atoms with Crippen molar-refractivity contribution >= 4 is 27.7 Å². The Hall–Kier alpha value is -0.0000000000000000555. The van der Waals surface area contributed by atoms with Crippen LogP contribution < -0.4 is 5.32 Å². The molecule has 0 aliphatic heterocycles. The largest absolute Gasteiger partial charge is 0.309 e. The van der Waals surface area contributed by atoms with Gasteiger partial charge in [0.15, 0.2) is 0 Å². The molecule has 1 N–H and O–H groups in total. The maximum atomic E-state index is 4.25. The Labute approximate surface area is 110 Å². The molecule has 0 aromatic carbocycles. The summed E-state index contributed by atoms with van der Waals surface area (Å²) in [6.45, 7) is 7.54. The minimum absolute atomic E-state index is 0.444. The highest BCUT2D eigenvalue weighted by Gasteiger charge is 2.08. The number of halogens is 1. The van der Waals surface area contributed by atoms with E-state index in [4.69, 9.17) is 0 Å². The van der Waals surface area contributed by atoms with Gasteiger partial charge in [-0.1, -0.05) is 6.92 Å². The van der Waals surface area contributed by atoms with Gasteiger partial charge in [0.05, 0.1) is 17.2 Å². The van der Waals surface area contributed by atoms with Gasteiger partial charge in [0.2, 0.25) is 0 Å². The van der Waals surface area contributed by atoms with Crippen LogP contribution in [0.2, 0.25) is 0 Å². The number of rotatable bonds is 7. The van der Waals surface area contributed by atoms with Crippen molar-refractivity contribution in [3.05, 3.63) is 16.9 Å². The average molecular weight is 306 g/mol. The molecule has 0 radical (unpaired) electrons. The van der Waals surface area contributed by atoms with E-state index in [-0.39, 0.29) is 0 Å². The number of aromatic nitrogens is 2. The van der Waals surface area contributed by atoms with Gasteiger partial charge in [-0.05, 0) is 35.5 Å². The van der Waals surface area contributed by atoms with Gasteiger partial charge in [-0.15, -0.1) is 0 Å². The van der Waals surface area contributed by atoms with Crippen molar-refractivity contribution in [1.82, 2.24) is 15.1 Å². The fraction of sp³-hybridized carbons (Fsp3) is 0.727.